The molecule has 4 atom stereocenters. The molecule has 0 unspecified atom stereocenters. The second-order valence-electron chi connectivity index (χ2n) is 13.4. The molecule has 4 N–H and O–H groups in total. The maximum Gasteiger partial charge on any atom is 0.321 e. The number of nitrogens with one attached hydrogen (secondary N) is 1. The fraction of sp³-hybridized carbons (Fsp3) is 0.459. The normalized spacial score (nSPS) is 16.2. The van der Waals surface area contributed by atoms with Gasteiger partial charge >= 0.3 is 6.03 Å². The zero-order valence-electron chi connectivity index (χ0n) is 29.7. The van der Waals surface area contributed by atoms with Crippen LogP contribution < -0.4 is 5.32 Å². The summed E-state index contributed by atoms with van der Waals surface area (Å²) < 4.78 is 29.0. The van der Waals surface area contributed by atoms with Crippen molar-refractivity contribution in [2.45, 2.75) is 76.8 Å². The van der Waals surface area contributed by atoms with Crippen LogP contribution in [0.15, 0.2) is 82.8 Å². The van der Waals surface area contributed by atoms with Crippen LogP contribution in [0.5, 0.6) is 0 Å². The van der Waals surface area contributed by atoms with E-state index in [4.69, 9.17) is 5.21 Å². The highest BCUT2D eigenvalue weighted by Gasteiger charge is 2.41. The summed E-state index contributed by atoms with van der Waals surface area (Å²) in [6.45, 7) is 8.16. The number of benzene rings is 2. The lowest BCUT2D eigenvalue weighted by Crippen LogP contribution is -2.57. The van der Waals surface area contributed by atoms with E-state index in [9.17, 15) is 28.2 Å². The van der Waals surface area contributed by atoms with Crippen LogP contribution in [0, 0.1) is 11.8 Å². The molecule has 1 fully saturated rings. The summed E-state index contributed by atoms with van der Waals surface area (Å²) in [5.74, 6) is -0.731. The molecule has 1 aliphatic heterocycles. The summed E-state index contributed by atoms with van der Waals surface area (Å²) in [6, 6.07) is 18.4. The summed E-state index contributed by atoms with van der Waals surface area (Å²) in [6.07, 6.45) is 0.712. The van der Waals surface area contributed by atoms with E-state index in [1.54, 1.807) is 28.0 Å². The highest BCUT2D eigenvalue weighted by atomic mass is 32.2. The summed E-state index contributed by atoms with van der Waals surface area (Å²) in [4.78, 5) is 35.6. The van der Waals surface area contributed by atoms with Gasteiger partial charge in [0, 0.05) is 26.2 Å². The van der Waals surface area contributed by atoms with Crippen molar-refractivity contribution in [2.24, 2.45) is 17.0 Å². The van der Waals surface area contributed by atoms with Gasteiger partial charge in [-0.25, -0.2) is 13.2 Å². The quantitative estimate of drug-likeness (QED) is 0.0877. The SMILES string of the molecule is CC[C@H](C)[C@@H](C(=O)N[C@@H](Cc1ccccc1)[C@H](O)CN(CC(C)C)S(=O)(=O)c1ccc(/C=N\O)cc1)N1CCN(Cc2cccc(CO)n2)C1=O. The molecule has 0 bridgehead atoms. The first-order valence-electron chi connectivity index (χ1n) is 17.3. The van der Waals surface area contributed by atoms with E-state index >= 15 is 0 Å². The molecular formula is C37H50N6O7S. The number of amides is 3. The van der Waals surface area contributed by atoms with E-state index in [2.05, 4.69) is 15.5 Å². The fourth-order valence-electron chi connectivity index (χ4n) is 6.21. The average Bonchev–Trinajstić information content (AvgIpc) is 3.46. The third kappa shape index (κ3) is 10.3. The number of aliphatic hydroxyl groups is 2. The van der Waals surface area contributed by atoms with Crippen molar-refractivity contribution in [3.63, 3.8) is 0 Å². The number of carbonyl (C=O) groups excluding carboxylic acids is 2. The van der Waals surface area contributed by atoms with E-state index in [1.165, 1.54) is 34.8 Å². The van der Waals surface area contributed by atoms with E-state index in [0.717, 1.165) is 5.56 Å². The molecule has 3 aromatic rings. The van der Waals surface area contributed by atoms with Gasteiger partial charge in [-0.15, -0.1) is 0 Å². The molecule has 3 amide bonds. The van der Waals surface area contributed by atoms with Gasteiger partial charge in [0.15, 0.2) is 0 Å². The first kappa shape index (κ1) is 39.4. The number of sulfonamides is 1. The summed E-state index contributed by atoms with van der Waals surface area (Å²) in [5.41, 5.74) is 2.48. The molecule has 2 aromatic carbocycles. The van der Waals surface area contributed by atoms with Gasteiger partial charge < -0.3 is 30.5 Å². The van der Waals surface area contributed by atoms with Crippen LogP contribution in [0.3, 0.4) is 0 Å². The minimum absolute atomic E-state index is 0.0151. The molecule has 13 nitrogen and oxygen atoms in total. The third-order valence-corrected chi connectivity index (χ3v) is 10.9. The number of pyridine rings is 1. The fourth-order valence-corrected chi connectivity index (χ4v) is 7.83. The van der Waals surface area contributed by atoms with Crippen molar-refractivity contribution in [1.29, 1.82) is 0 Å². The molecule has 51 heavy (non-hydrogen) atoms. The standard InChI is InChI=1S/C37H50N6O7S/c1-5-27(4)35(43-19-18-41(37(43)47)23-30-12-9-13-31(25-44)39-30)36(46)40-33(20-28-10-7-6-8-11-28)34(45)24-42(22-26(2)3)51(49,50)32-16-14-29(15-17-32)21-38-48/h6-17,21,26-27,33-35,44-45,48H,5,18-20,22-25H2,1-4H3,(H,40,46)/b38-21-/t27-,33-,34+,35-/m0/s1. The summed E-state index contributed by atoms with van der Waals surface area (Å²) >= 11 is 0. The second-order valence-corrected chi connectivity index (χ2v) is 15.3. The minimum atomic E-state index is -4.07. The number of oxime groups is 1. The second kappa shape index (κ2) is 18.2. The predicted molar refractivity (Wildman–Crippen MR) is 193 cm³/mol. The van der Waals surface area contributed by atoms with Crippen molar-refractivity contribution >= 4 is 28.2 Å². The Kier molecular flexibility index (Phi) is 14.1. The minimum Gasteiger partial charge on any atom is -0.411 e. The predicted octanol–water partition coefficient (Wildman–Crippen LogP) is 3.47. The number of aromatic nitrogens is 1. The lowest BCUT2D eigenvalue weighted by atomic mass is 9.95. The number of urea groups is 1. The van der Waals surface area contributed by atoms with E-state index in [-0.39, 0.29) is 55.4 Å². The van der Waals surface area contributed by atoms with Crippen LogP contribution in [-0.2, 0) is 34.4 Å². The Labute approximate surface area is 300 Å². The maximum absolute atomic E-state index is 14.3. The Hall–Kier alpha value is -4.37. The van der Waals surface area contributed by atoms with Crippen molar-refractivity contribution in [3.8, 4) is 0 Å². The van der Waals surface area contributed by atoms with Crippen LogP contribution in [0.2, 0.25) is 0 Å². The molecule has 2 heterocycles. The van der Waals surface area contributed by atoms with Crippen LogP contribution in [-0.4, -0.2) is 105 Å². The Bertz CT molecular complexity index is 1720. The molecule has 0 spiro atoms. The topological polar surface area (TPSA) is 176 Å². The lowest BCUT2D eigenvalue weighted by molar-refractivity contribution is -0.128. The number of rotatable bonds is 18. The Morgan fingerprint density at radius 1 is 1.00 bits per heavy atom. The zero-order chi connectivity index (χ0) is 37.1. The maximum atomic E-state index is 14.3. The van der Waals surface area contributed by atoms with Gasteiger partial charge in [0.25, 0.3) is 0 Å². The molecule has 0 saturated carbocycles. The van der Waals surface area contributed by atoms with Gasteiger partial charge in [-0.3, -0.25) is 9.78 Å². The van der Waals surface area contributed by atoms with Crippen molar-refractivity contribution in [3.05, 3.63) is 95.3 Å². The monoisotopic (exact) mass is 722 g/mol. The first-order chi connectivity index (χ1) is 24.4. The summed E-state index contributed by atoms with van der Waals surface area (Å²) in [7, 11) is -4.07. The van der Waals surface area contributed by atoms with E-state index in [1.807, 2.05) is 58.0 Å². The van der Waals surface area contributed by atoms with E-state index < -0.39 is 34.1 Å². The number of hydrogen-bond acceptors (Lipinski definition) is 9. The van der Waals surface area contributed by atoms with Gasteiger partial charge in [-0.1, -0.05) is 87.8 Å². The molecule has 0 radical (unpaired) electrons. The number of hydrogen-bond donors (Lipinski definition) is 4. The smallest absolute Gasteiger partial charge is 0.321 e. The highest BCUT2D eigenvalue weighted by Crippen LogP contribution is 2.24. The molecule has 1 aliphatic rings. The Balaban J connectivity index is 1.59. The van der Waals surface area contributed by atoms with Crippen LogP contribution in [0.25, 0.3) is 0 Å². The highest BCUT2D eigenvalue weighted by molar-refractivity contribution is 7.89. The number of nitrogens with zero attached hydrogens (tertiary/aromatic N) is 5. The molecule has 0 aliphatic carbocycles. The van der Waals surface area contributed by atoms with Crippen molar-refractivity contribution < 1.29 is 33.4 Å². The average molecular weight is 723 g/mol. The molecule has 1 aromatic heterocycles. The van der Waals surface area contributed by atoms with E-state index in [0.29, 0.717) is 36.5 Å². The van der Waals surface area contributed by atoms with Crippen molar-refractivity contribution in [2.75, 3.05) is 26.2 Å². The van der Waals surface area contributed by atoms with Crippen LogP contribution >= 0.6 is 0 Å². The van der Waals surface area contributed by atoms with Gasteiger partial charge in [0.2, 0.25) is 15.9 Å². The zero-order valence-corrected chi connectivity index (χ0v) is 30.5. The van der Waals surface area contributed by atoms with Crippen LogP contribution in [0.4, 0.5) is 4.79 Å². The largest absolute Gasteiger partial charge is 0.411 e. The lowest BCUT2D eigenvalue weighted by Gasteiger charge is -2.35. The molecular weight excluding hydrogens is 673 g/mol. The third-order valence-electron chi connectivity index (χ3n) is 9.07. The van der Waals surface area contributed by atoms with Crippen molar-refractivity contribution in [1.82, 2.24) is 24.4 Å². The number of aliphatic hydroxyl groups excluding tert-OH is 2. The van der Waals surface area contributed by atoms with Gasteiger partial charge in [0.1, 0.15) is 6.04 Å². The number of carbonyl (C=O) groups is 2. The molecule has 1 saturated heterocycles. The van der Waals surface area contributed by atoms with Gasteiger partial charge in [-0.05, 0) is 53.6 Å². The molecule has 14 heteroatoms. The first-order valence-corrected chi connectivity index (χ1v) is 18.7. The van der Waals surface area contributed by atoms with Gasteiger partial charge in [0.05, 0.1) is 47.8 Å². The van der Waals surface area contributed by atoms with Crippen LogP contribution in [0.1, 0.15) is 56.6 Å². The summed E-state index contributed by atoms with van der Waals surface area (Å²) in [5, 5.41) is 36.1. The molecule has 276 valence electrons. The Morgan fingerprint density at radius 3 is 2.31 bits per heavy atom. The van der Waals surface area contributed by atoms with Gasteiger partial charge in [-0.2, -0.15) is 4.31 Å². The Morgan fingerprint density at radius 2 is 1.69 bits per heavy atom. The molecule has 4 rings (SSSR count).